The lowest BCUT2D eigenvalue weighted by Crippen LogP contribution is -2.12. The maximum Gasteiger partial charge on any atom is 0.126 e. The molecule has 0 saturated heterocycles. The Hall–Kier alpha value is -1.53. The molecule has 0 aromatic heterocycles. The fourth-order valence-corrected chi connectivity index (χ4v) is 4.87. The van der Waals surface area contributed by atoms with E-state index in [4.69, 9.17) is 4.74 Å². The molecule has 0 fully saturated rings. The maximum atomic E-state index is 13.2. The smallest absolute Gasteiger partial charge is 0.126 e. The van der Waals surface area contributed by atoms with Crippen LogP contribution in [0.2, 0.25) is 0 Å². The fourth-order valence-electron chi connectivity index (χ4n) is 2.76. The highest BCUT2D eigenvalue weighted by Gasteiger charge is 2.25. The summed E-state index contributed by atoms with van der Waals surface area (Å²) in [5.74, 6) is 0.834. The molecule has 2 aromatic carbocycles. The summed E-state index contributed by atoms with van der Waals surface area (Å²) in [4.78, 5) is 0. The van der Waals surface area contributed by atoms with Crippen LogP contribution in [0, 0.1) is 6.92 Å². The van der Waals surface area contributed by atoms with Crippen molar-refractivity contribution in [3.05, 3.63) is 48.0 Å². The molecule has 0 aliphatic carbocycles. The summed E-state index contributed by atoms with van der Waals surface area (Å²) >= 11 is 0. The summed E-state index contributed by atoms with van der Waals surface area (Å²) in [7, 11) is -0.662. The monoisotopic (exact) mass is 302 g/mol. The molecule has 0 spiro atoms. The van der Waals surface area contributed by atoms with E-state index in [0.29, 0.717) is 12.3 Å². The highest BCUT2D eigenvalue weighted by Crippen LogP contribution is 2.47. The molecule has 0 saturated carbocycles. The van der Waals surface area contributed by atoms with Gasteiger partial charge in [0.25, 0.3) is 0 Å². The van der Waals surface area contributed by atoms with Crippen LogP contribution in [-0.4, -0.2) is 19.4 Å². The Labute approximate surface area is 127 Å². The van der Waals surface area contributed by atoms with Gasteiger partial charge in [-0.2, -0.15) is 0 Å². The average Bonchev–Trinajstić information content (AvgIpc) is 2.54. The third-order valence-corrected chi connectivity index (χ3v) is 7.40. The Kier molecular flexibility index (Phi) is 4.90. The summed E-state index contributed by atoms with van der Waals surface area (Å²) in [6, 6.07) is 14.0. The van der Waals surface area contributed by atoms with Gasteiger partial charge in [-0.05, 0) is 24.1 Å². The molecule has 0 atom stereocenters. The molecule has 0 unspecified atom stereocenters. The summed E-state index contributed by atoms with van der Waals surface area (Å²) in [5.41, 5.74) is 3.23. The first-order chi connectivity index (χ1) is 10.1. The highest BCUT2D eigenvalue weighted by molar-refractivity contribution is 7.71. The van der Waals surface area contributed by atoms with E-state index in [-0.39, 0.29) is 0 Å². The van der Waals surface area contributed by atoms with E-state index >= 15 is 0 Å². The maximum absolute atomic E-state index is 13.2. The minimum Gasteiger partial charge on any atom is -0.496 e. The predicted octanol–water partition coefficient (Wildman–Crippen LogP) is 4.70. The van der Waals surface area contributed by atoms with Gasteiger partial charge in [0.2, 0.25) is 0 Å². The molecule has 0 aliphatic rings. The van der Waals surface area contributed by atoms with E-state index in [9.17, 15) is 4.57 Å². The first-order valence-corrected chi connectivity index (χ1v) is 9.46. The molecule has 112 valence electrons. The quantitative estimate of drug-likeness (QED) is 0.748. The van der Waals surface area contributed by atoms with Gasteiger partial charge in [0.15, 0.2) is 0 Å². The minimum atomic E-state index is -2.34. The van der Waals surface area contributed by atoms with Crippen LogP contribution in [-0.2, 0) is 4.57 Å². The third-order valence-electron chi connectivity index (χ3n) is 4.09. The van der Waals surface area contributed by atoms with E-state index in [1.807, 2.05) is 44.2 Å². The van der Waals surface area contributed by atoms with Crippen molar-refractivity contribution in [1.29, 1.82) is 0 Å². The Morgan fingerprint density at radius 3 is 2.29 bits per heavy atom. The number of rotatable bonds is 5. The van der Waals surface area contributed by atoms with Crippen LogP contribution in [0.15, 0.2) is 42.5 Å². The van der Waals surface area contributed by atoms with Crippen LogP contribution in [0.3, 0.4) is 0 Å². The summed E-state index contributed by atoms with van der Waals surface area (Å²) < 4.78 is 18.7. The van der Waals surface area contributed by atoms with Gasteiger partial charge in [-0.1, -0.05) is 50.2 Å². The van der Waals surface area contributed by atoms with E-state index in [1.54, 1.807) is 7.11 Å². The molecule has 0 aliphatic heterocycles. The number of aryl methyl sites for hydroxylation is 1. The normalized spacial score (nSPS) is 11.4. The second-order valence-corrected chi connectivity index (χ2v) is 8.72. The van der Waals surface area contributed by atoms with Gasteiger partial charge < -0.3 is 9.30 Å². The molecule has 2 nitrogen and oxygen atoms in total. The number of methoxy groups -OCH3 is 1. The molecule has 0 heterocycles. The van der Waals surface area contributed by atoms with Crippen molar-refractivity contribution in [3.63, 3.8) is 0 Å². The molecule has 0 N–H and O–H groups in total. The van der Waals surface area contributed by atoms with Crippen LogP contribution >= 0.6 is 7.14 Å². The van der Waals surface area contributed by atoms with Crippen LogP contribution in [0.25, 0.3) is 11.1 Å². The first-order valence-electron chi connectivity index (χ1n) is 7.39. The zero-order chi connectivity index (χ0) is 15.5. The summed E-state index contributed by atoms with van der Waals surface area (Å²) in [5, 5.41) is 0.975. The topological polar surface area (TPSA) is 26.3 Å². The van der Waals surface area contributed by atoms with Crippen LogP contribution in [0.4, 0.5) is 0 Å². The van der Waals surface area contributed by atoms with Crippen LogP contribution in [0.5, 0.6) is 5.75 Å². The molecule has 2 rings (SSSR count). The van der Waals surface area contributed by atoms with Crippen molar-refractivity contribution >= 4 is 12.4 Å². The lowest BCUT2D eigenvalue weighted by Gasteiger charge is -2.21. The Morgan fingerprint density at radius 1 is 1.00 bits per heavy atom. The standard InChI is InChI=1S/C18H23O2P/c1-5-21(19,6-2)17-13-8-7-11-15(17)18-14(3)10-9-12-16(18)20-4/h7-13H,5-6H2,1-4H3. The average molecular weight is 302 g/mol. The first kappa shape index (κ1) is 15.9. The van der Waals surface area contributed by atoms with Crippen molar-refractivity contribution < 1.29 is 9.30 Å². The van der Waals surface area contributed by atoms with Crippen molar-refractivity contribution in [2.24, 2.45) is 0 Å². The van der Waals surface area contributed by atoms with Gasteiger partial charge in [-0.3, -0.25) is 0 Å². The Morgan fingerprint density at radius 2 is 1.67 bits per heavy atom. The number of hydrogen-bond donors (Lipinski definition) is 0. The largest absolute Gasteiger partial charge is 0.496 e. The molecule has 0 amide bonds. The van der Waals surface area contributed by atoms with E-state index < -0.39 is 7.14 Å². The third kappa shape index (κ3) is 2.91. The Bertz CT molecular complexity index is 669. The summed E-state index contributed by atoms with van der Waals surface area (Å²) in [6.45, 7) is 6.09. The molecule has 0 radical (unpaired) electrons. The second kappa shape index (κ2) is 6.49. The van der Waals surface area contributed by atoms with Crippen molar-refractivity contribution in [1.82, 2.24) is 0 Å². The van der Waals surface area contributed by atoms with Crippen molar-refractivity contribution in [3.8, 4) is 16.9 Å². The van der Waals surface area contributed by atoms with E-state index in [2.05, 4.69) is 19.1 Å². The number of benzene rings is 2. The number of ether oxygens (including phenoxy) is 1. The zero-order valence-corrected chi connectivity index (χ0v) is 14.1. The molecular formula is C18H23O2P. The minimum absolute atomic E-state index is 0.689. The molecule has 2 aromatic rings. The lowest BCUT2D eigenvalue weighted by atomic mass is 9.99. The molecule has 3 heteroatoms. The van der Waals surface area contributed by atoms with Crippen molar-refractivity contribution in [2.75, 3.05) is 19.4 Å². The number of hydrogen-bond acceptors (Lipinski definition) is 2. The van der Waals surface area contributed by atoms with Gasteiger partial charge in [0, 0.05) is 23.2 Å². The van der Waals surface area contributed by atoms with Crippen molar-refractivity contribution in [2.45, 2.75) is 20.8 Å². The highest BCUT2D eigenvalue weighted by atomic mass is 31.2. The predicted molar refractivity (Wildman–Crippen MR) is 91.5 cm³/mol. The van der Waals surface area contributed by atoms with Gasteiger partial charge in [-0.25, -0.2) is 0 Å². The molecule has 21 heavy (non-hydrogen) atoms. The SMILES string of the molecule is CCP(=O)(CC)c1ccccc1-c1c(C)cccc1OC. The van der Waals surface area contributed by atoms with E-state index in [1.165, 1.54) is 0 Å². The summed E-state index contributed by atoms with van der Waals surface area (Å²) in [6.07, 6.45) is 1.38. The molecule has 0 bridgehead atoms. The van der Waals surface area contributed by atoms with Crippen LogP contribution < -0.4 is 10.0 Å². The van der Waals surface area contributed by atoms with Crippen LogP contribution in [0.1, 0.15) is 19.4 Å². The lowest BCUT2D eigenvalue weighted by molar-refractivity contribution is 0.416. The second-order valence-electron chi connectivity index (χ2n) is 5.19. The Balaban J connectivity index is 2.75. The van der Waals surface area contributed by atoms with Gasteiger partial charge in [0.1, 0.15) is 12.9 Å². The fraction of sp³-hybridized carbons (Fsp3) is 0.333. The van der Waals surface area contributed by atoms with E-state index in [0.717, 1.165) is 27.7 Å². The van der Waals surface area contributed by atoms with Gasteiger partial charge >= 0.3 is 0 Å². The zero-order valence-electron chi connectivity index (χ0n) is 13.2. The van der Waals surface area contributed by atoms with Gasteiger partial charge in [-0.15, -0.1) is 0 Å². The molecular weight excluding hydrogens is 279 g/mol. The van der Waals surface area contributed by atoms with Gasteiger partial charge in [0.05, 0.1) is 7.11 Å².